The van der Waals surface area contributed by atoms with E-state index in [-0.39, 0.29) is 17.0 Å². The fraction of sp³-hybridized carbons (Fsp3) is 0.462. The lowest BCUT2D eigenvalue weighted by molar-refractivity contribution is -0.00297. The Morgan fingerprint density at radius 3 is 2.33 bits per heavy atom. The van der Waals surface area contributed by atoms with Gasteiger partial charge in [0.15, 0.2) is 5.75 Å². The molecule has 1 aromatic carbocycles. The van der Waals surface area contributed by atoms with Crippen LogP contribution >= 0.6 is 0 Å². The third kappa shape index (κ3) is 2.73. The summed E-state index contributed by atoms with van der Waals surface area (Å²) >= 11 is 0. The van der Waals surface area contributed by atoms with E-state index in [0.29, 0.717) is 0 Å². The van der Waals surface area contributed by atoms with Gasteiger partial charge >= 0.3 is 0 Å². The van der Waals surface area contributed by atoms with Crippen molar-refractivity contribution in [2.24, 2.45) is 0 Å². The highest BCUT2D eigenvalue weighted by molar-refractivity contribution is 5.98. The number of aliphatic hydroxyl groups is 1. The Hall–Kier alpha value is -1.75. The second-order valence-corrected chi connectivity index (χ2v) is 5.38. The third-order valence-electron chi connectivity index (χ3n) is 3.27. The molecule has 0 atom stereocenters. The second kappa shape index (κ2) is 4.49. The number of hydrogen-bond acceptors (Lipinski definition) is 4. The molecule has 0 radical (unpaired) electrons. The van der Waals surface area contributed by atoms with Crippen LogP contribution in [0.15, 0.2) is 18.2 Å². The van der Waals surface area contributed by atoms with Crippen molar-refractivity contribution >= 4 is 11.6 Å². The molecule has 5 heteroatoms. The number of carbonyl (C=O) groups excluding carboxylic acids is 1. The normalized spacial score (nSPS) is 12.3. The summed E-state index contributed by atoms with van der Waals surface area (Å²) in [7, 11) is 0. The van der Waals surface area contributed by atoms with Crippen molar-refractivity contribution in [1.29, 1.82) is 0 Å². The molecule has 100 valence electrons. The van der Waals surface area contributed by atoms with Gasteiger partial charge in [-0.05, 0) is 39.8 Å². The predicted molar refractivity (Wildman–Crippen MR) is 70.4 cm³/mol. The van der Waals surface area contributed by atoms with E-state index < -0.39 is 17.0 Å². The maximum atomic E-state index is 12.0. The molecule has 5 N–H and O–H groups in total. The number of nitrogens with one attached hydrogen (secondary N) is 1. The monoisotopic (exact) mass is 252 g/mol. The Bertz CT molecular complexity index is 462. The number of amides is 1. The van der Waals surface area contributed by atoms with Gasteiger partial charge in [0.2, 0.25) is 0 Å². The number of phenolic OH excluding ortho intramolecular Hbond substituents is 1. The van der Waals surface area contributed by atoms with Gasteiger partial charge < -0.3 is 21.3 Å². The molecule has 0 aliphatic heterocycles. The van der Waals surface area contributed by atoms with Crippen molar-refractivity contribution in [3.8, 4) is 5.75 Å². The smallest absolute Gasteiger partial charge is 0.255 e. The molecule has 0 spiro atoms. The first-order valence-electron chi connectivity index (χ1n) is 5.68. The second-order valence-electron chi connectivity index (χ2n) is 5.38. The highest BCUT2D eigenvalue weighted by Crippen LogP contribution is 2.26. The maximum absolute atomic E-state index is 12.0. The maximum Gasteiger partial charge on any atom is 0.255 e. The minimum absolute atomic E-state index is 0.0901. The van der Waals surface area contributed by atoms with Gasteiger partial charge in [0, 0.05) is 0 Å². The molecule has 0 saturated heterocycles. The van der Waals surface area contributed by atoms with E-state index in [1.54, 1.807) is 33.8 Å². The Morgan fingerprint density at radius 1 is 1.28 bits per heavy atom. The number of nitrogen functional groups attached to an aromatic ring is 1. The largest absolute Gasteiger partial charge is 0.505 e. The molecular weight excluding hydrogens is 232 g/mol. The summed E-state index contributed by atoms with van der Waals surface area (Å²) in [5.41, 5.74) is 3.82. The minimum atomic E-state index is -1.10. The molecule has 1 amide bonds. The van der Waals surface area contributed by atoms with Crippen molar-refractivity contribution in [2.45, 2.75) is 38.8 Å². The van der Waals surface area contributed by atoms with Crippen LogP contribution in [0.2, 0.25) is 0 Å². The van der Waals surface area contributed by atoms with Crippen LogP contribution in [0.3, 0.4) is 0 Å². The number of rotatable bonds is 3. The zero-order valence-electron chi connectivity index (χ0n) is 11.1. The standard InChI is InChI=1S/C13H20N2O3/c1-12(2,13(3,4)18)15-11(17)8-6-5-7-9(14)10(8)16/h5-7,16,18H,14H2,1-4H3,(H,15,17). The lowest BCUT2D eigenvalue weighted by Gasteiger charge is -2.38. The lowest BCUT2D eigenvalue weighted by Crippen LogP contribution is -2.57. The first-order chi connectivity index (χ1) is 8.06. The van der Waals surface area contributed by atoms with E-state index >= 15 is 0 Å². The first-order valence-corrected chi connectivity index (χ1v) is 5.68. The number of aromatic hydroxyl groups is 1. The number of anilines is 1. The number of carbonyl (C=O) groups is 1. The highest BCUT2D eigenvalue weighted by Gasteiger charge is 2.36. The Morgan fingerprint density at radius 2 is 1.83 bits per heavy atom. The Balaban J connectivity index is 3.00. The average molecular weight is 252 g/mol. The van der Waals surface area contributed by atoms with Gasteiger partial charge in [-0.2, -0.15) is 0 Å². The fourth-order valence-corrected chi connectivity index (χ4v) is 1.25. The summed E-state index contributed by atoms with van der Waals surface area (Å²) in [6, 6.07) is 4.57. The molecular formula is C13H20N2O3. The summed E-state index contributed by atoms with van der Waals surface area (Å²) in [5.74, 6) is -0.728. The minimum Gasteiger partial charge on any atom is -0.505 e. The number of hydrogen-bond donors (Lipinski definition) is 4. The van der Waals surface area contributed by atoms with E-state index in [0.717, 1.165) is 0 Å². The van der Waals surface area contributed by atoms with Crippen LogP contribution in [-0.4, -0.2) is 27.3 Å². The molecule has 0 unspecified atom stereocenters. The van der Waals surface area contributed by atoms with E-state index in [4.69, 9.17) is 5.73 Å². The van der Waals surface area contributed by atoms with Gasteiger partial charge in [0.05, 0.1) is 22.4 Å². The van der Waals surface area contributed by atoms with Crippen LogP contribution in [0.25, 0.3) is 0 Å². The number of nitrogens with two attached hydrogens (primary N) is 1. The SMILES string of the molecule is CC(C)(O)C(C)(C)NC(=O)c1cccc(N)c1O. The predicted octanol–water partition coefficient (Wildman–Crippen LogP) is 1.25. The zero-order chi connectivity index (χ0) is 14.1. The first kappa shape index (κ1) is 14.3. The lowest BCUT2D eigenvalue weighted by atomic mass is 9.85. The van der Waals surface area contributed by atoms with Crippen LogP contribution in [0.4, 0.5) is 5.69 Å². The molecule has 0 bridgehead atoms. The van der Waals surface area contributed by atoms with Gasteiger partial charge in [-0.1, -0.05) is 6.07 Å². The van der Waals surface area contributed by atoms with Crippen molar-refractivity contribution in [2.75, 3.05) is 5.73 Å². The van der Waals surface area contributed by atoms with Crippen LogP contribution in [0, 0.1) is 0 Å². The van der Waals surface area contributed by atoms with Crippen LogP contribution < -0.4 is 11.1 Å². The summed E-state index contributed by atoms with van der Waals surface area (Å²) in [6.07, 6.45) is 0. The number of para-hydroxylation sites is 1. The Kier molecular flexibility index (Phi) is 3.57. The zero-order valence-corrected chi connectivity index (χ0v) is 11.1. The van der Waals surface area contributed by atoms with Crippen LogP contribution in [0.5, 0.6) is 5.75 Å². The molecule has 0 aliphatic rings. The third-order valence-corrected chi connectivity index (χ3v) is 3.27. The molecule has 0 heterocycles. The molecule has 0 aromatic heterocycles. The van der Waals surface area contributed by atoms with E-state index in [1.807, 2.05) is 0 Å². The molecule has 0 aliphatic carbocycles. The quantitative estimate of drug-likeness (QED) is 0.481. The van der Waals surface area contributed by atoms with Gasteiger partial charge in [-0.3, -0.25) is 4.79 Å². The van der Waals surface area contributed by atoms with Gasteiger partial charge in [-0.25, -0.2) is 0 Å². The summed E-state index contributed by atoms with van der Waals surface area (Å²) in [6.45, 7) is 6.61. The average Bonchev–Trinajstić information content (AvgIpc) is 2.19. The van der Waals surface area contributed by atoms with Crippen molar-refractivity contribution in [1.82, 2.24) is 5.32 Å². The van der Waals surface area contributed by atoms with Crippen LogP contribution in [0.1, 0.15) is 38.1 Å². The molecule has 1 rings (SSSR count). The number of phenols is 1. The van der Waals surface area contributed by atoms with Gasteiger partial charge in [0.25, 0.3) is 5.91 Å². The van der Waals surface area contributed by atoms with Crippen molar-refractivity contribution < 1.29 is 15.0 Å². The topological polar surface area (TPSA) is 95.6 Å². The number of benzene rings is 1. The molecule has 18 heavy (non-hydrogen) atoms. The fourth-order valence-electron chi connectivity index (χ4n) is 1.25. The van der Waals surface area contributed by atoms with Crippen molar-refractivity contribution in [3.63, 3.8) is 0 Å². The summed E-state index contributed by atoms with van der Waals surface area (Å²) in [5, 5.41) is 22.4. The van der Waals surface area contributed by atoms with E-state index in [9.17, 15) is 15.0 Å². The summed E-state index contributed by atoms with van der Waals surface area (Å²) < 4.78 is 0. The molecule has 0 saturated carbocycles. The van der Waals surface area contributed by atoms with Crippen LogP contribution in [-0.2, 0) is 0 Å². The molecule has 1 aromatic rings. The molecule has 5 nitrogen and oxygen atoms in total. The van der Waals surface area contributed by atoms with Gasteiger partial charge in [-0.15, -0.1) is 0 Å². The highest BCUT2D eigenvalue weighted by atomic mass is 16.3. The Labute approximate surface area is 107 Å². The summed E-state index contributed by atoms with van der Waals surface area (Å²) in [4.78, 5) is 12.0. The molecule has 0 fully saturated rings. The van der Waals surface area contributed by atoms with Gasteiger partial charge in [0.1, 0.15) is 0 Å². The van der Waals surface area contributed by atoms with Crippen molar-refractivity contribution in [3.05, 3.63) is 23.8 Å². The van der Waals surface area contributed by atoms with E-state index in [2.05, 4.69) is 5.32 Å². The van der Waals surface area contributed by atoms with E-state index in [1.165, 1.54) is 12.1 Å².